The van der Waals surface area contributed by atoms with Gasteiger partial charge in [-0.1, -0.05) is 17.7 Å². The fourth-order valence-corrected chi connectivity index (χ4v) is 2.72. The Labute approximate surface area is 129 Å². The molecule has 0 unspecified atom stereocenters. The third kappa shape index (κ3) is 2.69. The van der Waals surface area contributed by atoms with Crippen molar-refractivity contribution in [3.05, 3.63) is 52.9 Å². The van der Waals surface area contributed by atoms with Crippen molar-refractivity contribution in [2.75, 3.05) is 0 Å². The van der Waals surface area contributed by atoms with E-state index in [0.717, 1.165) is 33.7 Å². The number of rotatable bonds is 4. The predicted molar refractivity (Wildman–Crippen MR) is 86.6 cm³/mol. The standard InChI is InChI=1S/C16H19ClN4/c1-11(2)21-6-5-14(19-21)10-20-9-12(8-18)15-4-3-13(17)7-16(15)20/h3-7,9,11H,8,10,18H2,1-2H3. The number of halogens is 1. The van der Waals surface area contributed by atoms with Crippen molar-refractivity contribution < 1.29 is 0 Å². The normalized spacial score (nSPS) is 11.7. The summed E-state index contributed by atoms with van der Waals surface area (Å²) in [6, 6.07) is 8.34. The van der Waals surface area contributed by atoms with Gasteiger partial charge in [0.1, 0.15) is 0 Å². The molecule has 0 saturated heterocycles. The first-order valence-electron chi connectivity index (χ1n) is 7.10. The van der Waals surface area contributed by atoms with Gasteiger partial charge < -0.3 is 10.3 Å². The second-order valence-electron chi connectivity index (χ2n) is 5.53. The third-order valence-corrected chi connectivity index (χ3v) is 3.91. The Morgan fingerprint density at radius 3 is 2.76 bits per heavy atom. The average Bonchev–Trinajstić information content (AvgIpc) is 3.04. The quantitative estimate of drug-likeness (QED) is 0.801. The molecule has 2 heterocycles. The summed E-state index contributed by atoms with van der Waals surface area (Å²) >= 11 is 6.13. The third-order valence-electron chi connectivity index (χ3n) is 3.67. The van der Waals surface area contributed by atoms with Crippen LogP contribution in [0.25, 0.3) is 10.9 Å². The van der Waals surface area contributed by atoms with E-state index < -0.39 is 0 Å². The number of nitrogens with zero attached hydrogens (tertiary/aromatic N) is 3. The van der Waals surface area contributed by atoms with Crippen LogP contribution < -0.4 is 5.73 Å². The molecule has 5 heteroatoms. The van der Waals surface area contributed by atoms with Crippen molar-refractivity contribution in [1.82, 2.24) is 14.3 Å². The van der Waals surface area contributed by atoms with Gasteiger partial charge in [0.15, 0.2) is 0 Å². The van der Waals surface area contributed by atoms with Crippen LogP contribution in [-0.4, -0.2) is 14.3 Å². The summed E-state index contributed by atoms with van der Waals surface area (Å²) in [6.07, 6.45) is 4.11. The van der Waals surface area contributed by atoms with E-state index in [-0.39, 0.29) is 0 Å². The Hall–Kier alpha value is -1.78. The molecule has 21 heavy (non-hydrogen) atoms. The van der Waals surface area contributed by atoms with Crippen LogP contribution in [0.2, 0.25) is 5.02 Å². The highest BCUT2D eigenvalue weighted by Gasteiger charge is 2.10. The van der Waals surface area contributed by atoms with E-state index >= 15 is 0 Å². The van der Waals surface area contributed by atoms with Gasteiger partial charge in [-0.2, -0.15) is 5.10 Å². The lowest BCUT2D eigenvalue weighted by Gasteiger charge is -2.05. The molecule has 0 aliphatic carbocycles. The zero-order valence-corrected chi connectivity index (χ0v) is 13.0. The van der Waals surface area contributed by atoms with E-state index in [0.29, 0.717) is 12.6 Å². The minimum Gasteiger partial charge on any atom is -0.341 e. The van der Waals surface area contributed by atoms with Crippen LogP contribution in [0.4, 0.5) is 0 Å². The fraction of sp³-hybridized carbons (Fsp3) is 0.312. The Kier molecular flexibility index (Phi) is 3.74. The maximum Gasteiger partial charge on any atom is 0.0821 e. The van der Waals surface area contributed by atoms with E-state index in [2.05, 4.69) is 35.8 Å². The molecule has 0 amide bonds. The summed E-state index contributed by atoms with van der Waals surface area (Å²) < 4.78 is 4.13. The molecule has 4 nitrogen and oxygen atoms in total. The van der Waals surface area contributed by atoms with Crippen molar-refractivity contribution in [3.8, 4) is 0 Å². The van der Waals surface area contributed by atoms with Crippen LogP contribution in [0, 0.1) is 0 Å². The summed E-state index contributed by atoms with van der Waals surface area (Å²) in [6.45, 7) is 5.48. The first kappa shape index (κ1) is 14.2. The molecule has 0 saturated carbocycles. The fourth-order valence-electron chi connectivity index (χ4n) is 2.56. The van der Waals surface area contributed by atoms with Gasteiger partial charge in [-0.25, -0.2) is 0 Å². The van der Waals surface area contributed by atoms with Crippen molar-refractivity contribution in [2.45, 2.75) is 33.0 Å². The Balaban J connectivity index is 2.01. The van der Waals surface area contributed by atoms with Crippen molar-refractivity contribution in [2.24, 2.45) is 5.73 Å². The van der Waals surface area contributed by atoms with Crippen LogP contribution in [0.1, 0.15) is 31.1 Å². The number of hydrogen-bond acceptors (Lipinski definition) is 2. The minimum absolute atomic E-state index is 0.370. The summed E-state index contributed by atoms with van der Waals surface area (Å²) in [4.78, 5) is 0. The first-order chi connectivity index (χ1) is 10.1. The second kappa shape index (κ2) is 5.54. The van der Waals surface area contributed by atoms with Gasteiger partial charge in [0, 0.05) is 35.4 Å². The smallest absolute Gasteiger partial charge is 0.0821 e. The molecular formula is C16H19ClN4. The first-order valence-corrected chi connectivity index (χ1v) is 7.47. The van der Waals surface area contributed by atoms with Gasteiger partial charge in [-0.15, -0.1) is 0 Å². The molecule has 3 rings (SSSR count). The average molecular weight is 303 g/mol. The summed E-state index contributed by atoms with van der Waals surface area (Å²) in [5.74, 6) is 0. The van der Waals surface area contributed by atoms with E-state index in [1.54, 1.807) is 0 Å². The maximum absolute atomic E-state index is 6.13. The molecule has 0 fully saturated rings. The predicted octanol–water partition coefficient (Wildman–Crippen LogP) is 3.58. The highest BCUT2D eigenvalue weighted by Crippen LogP contribution is 2.25. The van der Waals surface area contributed by atoms with E-state index in [9.17, 15) is 0 Å². The largest absolute Gasteiger partial charge is 0.341 e. The van der Waals surface area contributed by atoms with Crippen LogP contribution in [-0.2, 0) is 13.1 Å². The van der Waals surface area contributed by atoms with Crippen molar-refractivity contribution >= 4 is 22.5 Å². The van der Waals surface area contributed by atoms with E-state index in [4.69, 9.17) is 17.3 Å². The van der Waals surface area contributed by atoms with Crippen molar-refractivity contribution in [3.63, 3.8) is 0 Å². The second-order valence-corrected chi connectivity index (χ2v) is 5.97. The lowest BCUT2D eigenvalue weighted by Crippen LogP contribution is -2.04. The number of fused-ring (bicyclic) bond motifs is 1. The van der Waals surface area contributed by atoms with Crippen LogP contribution >= 0.6 is 11.6 Å². The van der Waals surface area contributed by atoms with Gasteiger partial charge >= 0.3 is 0 Å². The van der Waals surface area contributed by atoms with Crippen LogP contribution in [0.3, 0.4) is 0 Å². The molecule has 3 aromatic rings. The molecule has 0 bridgehead atoms. The van der Waals surface area contributed by atoms with E-state index in [1.807, 2.05) is 29.1 Å². The number of nitrogens with two attached hydrogens (primary N) is 1. The molecule has 0 aliphatic rings. The Morgan fingerprint density at radius 2 is 2.10 bits per heavy atom. The summed E-state index contributed by atoms with van der Waals surface area (Å²) in [7, 11) is 0. The van der Waals surface area contributed by atoms with Gasteiger partial charge in [0.25, 0.3) is 0 Å². The van der Waals surface area contributed by atoms with Gasteiger partial charge in [-0.05, 0) is 37.6 Å². The Morgan fingerprint density at radius 1 is 1.29 bits per heavy atom. The molecule has 0 atom stereocenters. The zero-order chi connectivity index (χ0) is 15.0. The van der Waals surface area contributed by atoms with Gasteiger partial charge in [-0.3, -0.25) is 4.68 Å². The van der Waals surface area contributed by atoms with Gasteiger partial charge in [0.05, 0.1) is 17.8 Å². The molecule has 110 valence electrons. The lowest BCUT2D eigenvalue weighted by atomic mass is 10.2. The van der Waals surface area contributed by atoms with Gasteiger partial charge in [0.2, 0.25) is 0 Å². The van der Waals surface area contributed by atoms with Crippen LogP contribution in [0.5, 0.6) is 0 Å². The molecular weight excluding hydrogens is 284 g/mol. The molecule has 0 spiro atoms. The zero-order valence-electron chi connectivity index (χ0n) is 12.3. The highest BCUT2D eigenvalue weighted by molar-refractivity contribution is 6.31. The number of aromatic nitrogens is 3. The molecule has 2 aromatic heterocycles. The minimum atomic E-state index is 0.370. The lowest BCUT2D eigenvalue weighted by molar-refractivity contribution is 0.524. The monoisotopic (exact) mass is 302 g/mol. The Bertz CT molecular complexity index is 770. The van der Waals surface area contributed by atoms with Crippen molar-refractivity contribution in [1.29, 1.82) is 0 Å². The number of benzene rings is 1. The summed E-state index contributed by atoms with van der Waals surface area (Å²) in [5, 5.41) is 6.49. The highest BCUT2D eigenvalue weighted by atomic mass is 35.5. The molecule has 0 radical (unpaired) electrons. The maximum atomic E-state index is 6.13. The molecule has 2 N–H and O–H groups in total. The molecule has 0 aliphatic heterocycles. The molecule has 1 aromatic carbocycles. The van der Waals surface area contributed by atoms with E-state index in [1.165, 1.54) is 0 Å². The van der Waals surface area contributed by atoms with Crippen LogP contribution in [0.15, 0.2) is 36.7 Å². The summed E-state index contributed by atoms with van der Waals surface area (Å²) in [5.41, 5.74) is 9.10. The SMILES string of the molecule is CC(C)n1ccc(Cn2cc(CN)c3ccc(Cl)cc32)n1. The topological polar surface area (TPSA) is 48.8 Å². The number of hydrogen-bond donors (Lipinski definition) is 1.